The van der Waals surface area contributed by atoms with Crippen molar-refractivity contribution in [2.45, 2.75) is 19.9 Å². The zero-order valence-electron chi connectivity index (χ0n) is 16.6. The molecule has 2 aromatic heterocycles. The summed E-state index contributed by atoms with van der Waals surface area (Å²) in [5.41, 5.74) is 3.73. The van der Waals surface area contributed by atoms with Crippen LogP contribution in [0.1, 0.15) is 29.7 Å². The number of pyridine rings is 1. The van der Waals surface area contributed by atoms with Crippen LogP contribution in [-0.4, -0.2) is 35.7 Å². The second-order valence-electron chi connectivity index (χ2n) is 7.24. The van der Waals surface area contributed by atoms with Crippen molar-refractivity contribution in [2.75, 3.05) is 36.5 Å². The molecule has 148 valence electrons. The van der Waals surface area contributed by atoms with Crippen molar-refractivity contribution >= 4 is 17.2 Å². The number of hydrogen-bond acceptors (Lipinski definition) is 6. The molecule has 7 heteroatoms. The minimum absolute atomic E-state index is 0.105. The van der Waals surface area contributed by atoms with Gasteiger partial charge in [0.25, 0.3) is 5.56 Å². The van der Waals surface area contributed by atoms with Gasteiger partial charge in [0.15, 0.2) is 0 Å². The quantitative estimate of drug-likeness (QED) is 0.739. The van der Waals surface area contributed by atoms with Gasteiger partial charge in [-0.2, -0.15) is 5.26 Å². The highest BCUT2D eigenvalue weighted by Crippen LogP contribution is 2.26. The van der Waals surface area contributed by atoms with Crippen molar-refractivity contribution in [2.24, 2.45) is 0 Å². The second-order valence-corrected chi connectivity index (χ2v) is 7.24. The molecule has 4 rings (SSSR count). The highest BCUT2D eigenvalue weighted by atomic mass is 16.5. The molecule has 1 unspecified atom stereocenters. The van der Waals surface area contributed by atoms with Gasteiger partial charge < -0.3 is 15.0 Å². The van der Waals surface area contributed by atoms with Crippen molar-refractivity contribution in [3.63, 3.8) is 0 Å². The molecule has 3 heterocycles. The van der Waals surface area contributed by atoms with Crippen LogP contribution in [0.3, 0.4) is 0 Å². The van der Waals surface area contributed by atoms with Crippen molar-refractivity contribution in [1.29, 1.82) is 5.26 Å². The lowest BCUT2D eigenvalue weighted by Crippen LogP contribution is -2.37. The van der Waals surface area contributed by atoms with E-state index >= 15 is 0 Å². The maximum atomic E-state index is 12.8. The van der Waals surface area contributed by atoms with E-state index in [1.54, 1.807) is 16.5 Å². The van der Waals surface area contributed by atoms with Crippen molar-refractivity contribution in [1.82, 2.24) is 9.38 Å². The summed E-state index contributed by atoms with van der Waals surface area (Å²) in [6.07, 6.45) is 1.81. The molecule has 29 heavy (non-hydrogen) atoms. The van der Waals surface area contributed by atoms with Crippen LogP contribution in [0.2, 0.25) is 0 Å². The Hall–Kier alpha value is -3.37. The lowest BCUT2D eigenvalue weighted by atomic mass is 10.1. The van der Waals surface area contributed by atoms with E-state index in [1.165, 1.54) is 0 Å². The van der Waals surface area contributed by atoms with Gasteiger partial charge in [0, 0.05) is 30.9 Å². The first kappa shape index (κ1) is 19.0. The van der Waals surface area contributed by atoms with Gasteiger partial charge in [-0.05, 0) is 37.6 Å². The number of nitrogens with one attached hydrogen (secondary N) is 1. The maximum Gasteiger partial charge on any atom is 0.259 e. The molecule has 1 fully saturated rings. The molecule has 0 bridgehead atoms. The van der Waals surface area contributed by atoms with Gasteiger partial charge in [0.2, 0.25) is 0 Å². The van der Waals surface area contributed by atoms with E-state index in [1.807, 2.05) is 44.3 Å². The first-order chi connectivity index (χ1) is 14.1. The lowest BCUT2D eigenvalue weighted by Gasteiger charge is -2.28. The number of anilines is 2. The van der Waals surface area contributed by atoms with Crippen LogP contribution in [-0.2, 0) is 4.74 Å². The summed E-state index contributed by atoms with van der Waals surface area (Å²) in [6.45, 7) is 6.66. The van der Waals surface area contributed by atoms with E-state index in [4.69, 9.17) is 9.72 Å². The highest BCUT2D eigenvalue weighted by molar-refractivity contribution is 5.61. The van der Waals surface area contributed by atoms with Crippen LogP contribution < -0.4 is 15.8 Å². The third kappa shape index (κ3) is 3.80. The number of nitrogens with zero attached hydrogens (tertiary/aromatic N) is 4. The third-order valence-electron chi connectivity index (χ3n) is 5.13. The summed E-state index contributed by atoms with van der Waals surface area (Å²) in [5.74, 6) is 0.674. The Balaban J connectivity index is 1.79. The fourth-order valence-electron chi connectivity index (χ4n) is 3.65. The fraction of sp³-hybridized carbons (Fsp3) is 0.318. The number of aromatic nitrogens is 2. The first-order valence-corrected chi connectivity index (χ1v) is 9.69. The molecule has 1 saturated heterocycles. The Morgan fingerprint density at radius 3 is 2.76 bits per heavy atom. The Kier molecular flexibility index (Phi) is 5.19. The van der Waals surface area contributed by atoms with E-state index in [2.05, 4.69) is 16.3 Å². The van der Waals surface area contributed by atoms with Crippen LogP contribution >= 0.6 is 0 Å². The van der Waals surface area contributed by atoms with Crippen LogP contribution in [0, 0.1) is 18.3 Å². The van der Waals surface area contributed by atoms with E-state index in [-0.39, 0.29) is 11.6 Å². The SMILES string of the molecule is Cc1cc(C(C)Nc2ccccc2C#N)c2nc(N3CCOCC3)cc(=O)n2c1. The molecule has 0 saturated carbocycles. The Morgan fingerprint density at radius 2 is 2.00 bits per heavy atom. The minimum atomic E-state index is -0.147. The average molecular weight is 389 g/mol. The number of para-hydroxylation sites is 1. The zero-order chi connectivity index (χ0) is 20.4. The summed E-state index contributed by atoms with van der Waals surface area (Å²) in [5, 5.41) is 12.8. The summed E-state index contributed by atoms with van der Waals surface area (Å²) in [4.78, 5) is 19.7. The van der Waals surface area contributed by atoms with Gasteiger partial charge in [-0.25, -0.2) is 4.98 Å². The Labute approximate surface area is 169 Å². The fourth-order valence-corrected chi connectivity index (χ4v) is 3.65. The van der Waals surface area contributed by atoms with Gasteiger partial charge in [-0.1, -0.05) is 12.1 Å². The van der Waals surface area contributed by atoms with Crippen LogP contribution in [0.4, 0.5) is 11.5 Å². The van der Waals surface area contributed by atoms with Gasteiger partial charge in [-0.3, -0.25) is 9.20 Å². The van der Waals surface area contributed by atoms with Gasteiger partial charge in [0.05, 0.1) is 30.5 Å². The number of rotatable bonds is 4. The number of morpholine rings is 1. The molecule has 0 aliphatic carbocycles. The van der Waals surface area contributed by atoms with Crippen molar-refractivity contribution < 1.29 is 4.74 Å². The molecular weight excluding hydrogens is 366 g/mol. The number of benzene rings is 1. The summed E-state index contributed by atoms with van der Waals surface area (Å²) in [7, 11) is 0. The van der Waals surface area contributed by atoms with E-state index in [0.29, 0.717) is 43.3 Å². The van der Waals surface area contributed by atoms with Gasteiger partial charge in [-0.15, -0.1) is 0 Å². The summed E-state index contributed by atoms with van der Waals surface area (Å²) < 4.78 is 7.02. The molecule has 0 radical (unpaired) electrons. The van der Waals surface area contributed by atoms with Crippen molar-refractivity contribution in [3.05, 3.63) is 69.6 Å². The molecule has 3 aromatic rings. The molecular formula is C22H23N5O2. The topological polar surface area (TPSA) is 82.7 Å². The zero-order valence-corrected chi connectivity index (χ0v) is 16.6. The van der Waals surface area contributed by atoms with Crippen LogP contribution in [0.5, 0.6) is 0 Å². The van der Waals surface area contributed by atoms with Gasteiger partial charge in [0.1, 0.15) is 17.5 Å². The summed E-state index contributed by atoms with van der Waals surface area (Å²) in [6, 6.07) is 13.1. The smallest absolute Gasteiger partial charge is 0.259 e. The van der Waals surface area contributed by atoms with E-state index in [9.17, 15) is 10.1 Å². The summed E-state index contributed by atoms with van der Waals surface area (Å²) >= 11 is 0. The number of ether oxygens (including phenoxy) is 1. The predicted octanol–water partition coefficient (Wildman–Crippen LogP) is 2.88. The highest BCUT2D eigenvalue weighted by Gasteiger charge is 2.18. The Bertz CT molecular complexity index is 1140. The molecule has 1 aliphatic heterocycles. The molecule has 1 N–H and O–H groups in total. The molecule has 7 nitrogen and oxygen atoms in total. The molecule has 0 spiro atoms. The molecule has 1 aliphatic rings. The third-order valence-corrected chi connectivity index (χ3v) is 5.13. The largest absolute Gasteiger partial charge is 0.378 e. The lowest BCUT2D eigenvalue weighted by molar-refractivity contribution is 0.122. The molecule has 0 amide bonds. The average Bonchev–Trinajstić information content (AvgIpc) is 2.74. The van der Waals surface area contributed by atoms with Crippen LogP contribution in [0.25, 0.3) is 5.65 Å². The van der Waals surface area contributed by atoms with E-state index < -0.39 is 0 Å². The first-order valence-electron chi connectivity index (χ1n) is 9.69. The minimum Gasteiger partial charge on any atom is -0.378 e. The number of nitriles is 1. The van der Waals surface area contributed by atoms with E-state index in [0.717, 1.165) is 16.8 Å². The maximum absolute atomic E-state index is 12.8. The Morgan fingerprint density at radius 1 is 1.24 bits per heavy atom. The monoisotopic (exact) mass is 389 g/mol. The number of fused-ring (bicyclic) bond motifs is 1. The normalized spacial score (nSPS) is 15.1. The van der Waals surface area contributed by atoms with Crippen molar-refractivity contribution in [3.8, 4) is 6.07 Å². The number of aryl methyl sites for hydroxylation is 1. The predicted molar refractivity (Wildman–Crippen MR) is 112 cm³/mol. The second kappa shape index (κ2) is 7.94. The van der Waals surface area contributed by atoms with Gasteiger partial charge >= 0.3 is 0 Å². The molecule has 1 aromatic carbocycles. The standard InChI is InChI=1S/C22H23N5O2/c1-15-11-18(16(2)24-19-6-4-3-5-17(19)13-23)22-25-20(12-21(28)27(22)14-15)26-7-9-29-10-8-26/h3-6,11-12,14,16,24H,7-10H2,1-2H3. The molecule has 1 atom stereocenters. The number of hydrogen-bond donors (Lipinski definition) is 1. The van der Waals surface area contributed by atoms with Crippen LogP contribution in [0.15, 0.2) is 47.4 Å².